The summed E-state index contributed by atoms with van der Waals surface area (Å²) >= 11 is 1.25. The van der Waals surface area contributed by atoms with Gasteiger partial charge in [0, 0.05) is 26.8 Å². The zero-order valence-electron chi connectivity index (χ0n) is 18.1. The molecule has 0 saturated heterocycles. The van der Waals surface area contributed by atoms with E-state index in [1.807, 2.05) is 31.2 Å². The summed E-state index contributed by atoms with van der Waals surface area (Å²) in [4.78, 5) is 51.6. The molecule has 1 unspecified atom stereocenters. The van der Waals surface area contributed by atoms with Crippen LogP contribution in [0.5, 0.6) is 0 Å². The topological polar surface area (TPSA) is 108 Å². The average Bonchev–Trinajstić information content (AvgIpc) is 3.27. The zero-order chi connectivity index (χ0) is 23.1. The van der Waals surface area contributed by atoms with Crippen LogP contribution in [0.4, 0.5) is 4.79 Å². The third kappa shape index (κ3) is 5.83. The van der Waals surface area contributed by atoms with Gasteiger partial charge in [0.25, 0.3) is 11.8 Å². The van der Waals surface area contributed by atoms with Gasteiger partial charge in [-0.05, 0) is 30.4 Å². The van der Waals surface area contributed by atoms with Crippen LogP contribution in [0, 0.1) is 6.92 Å². The smallest absolute Gasteiger partial charge is 0.385 e. The lowest BCUT2D eigenvalue weighted by atomic mass is 10.1. The predicted octanol–water partition coefficient (Wildman–Crippen LogP) is 0.809. The minimum atomic E-state index is -0.675. The number of allylic oxidation sites excluding steroid dienone is 1. The van der Waals surface area contributed by atoms with Gasteiger partial charge in [-0.3, -0.25) is 9.59 Å². The number of nitrogens with zero attached hydrogens (tertiary/aromatic N) is 2. The van der Waals surface area contributed by atoms with Crippen molar-refractivity contribution in [1.29, 1.82) is 0 Å². The third-order valence-electron chi connectivity index (χ3n) is 5.05. The second-order valence-corrected chi connectivity index (χ2v) is 8.51. The lowest BCUT2D eigenvalue weighted by Gasteiger charge is -2.23. The first-order chi connectivity index (χ1) is 15.4. The molecular formula is C22H27N4O5S+. The Morgan fingerprint density at radius 3 is 2.62 bits per heavy atom. The maximum absolute atomic E-state index is 13.0. The quantitative estimate of drug-likeness (QED) is 0.396. The van der Waals surface area contributed by atoms with E-state index < -0.39 is 29.6 Å². The summed E-state index contributed by atoms with van der Waals surface area (Å²) in [7, 11) is 1.58. The first kappa shape index (κ1) is 23.7. The minimum Gasteiger partial charge on any atom is -0.385 e. The molecule has 1 aromatic carbocycles. The van der Waals surface area contributed by atoms with E-state index in [4.69, 9.17) is 4.74 Å². The number of hydrogen-bond donors (Lipinski definition) is 2. The van der Waals surface area contributed by atoms with Crippen molar-refractivity contribution in [1.82, 2.24) is 15.5 Å². The molecule has 2 heterocycles. The van der Waals surface area contributed by atoms with Crippen molar-refractivity contribution in [2.75, 3.05) is 33.4 Å². The Labute approximate surface area is 190 Å². The summed E-state index contributed by atoms with van der Waals surface area (Å²) in [5.41, 5.74) is 2.49. The highest BCUT2D eigenvalue weighted by atomic mass is 32.2. The summed E-state index contributed by atoms with van der Waals surface area (Å²) in [5.74, 6) is -1.25. The van der Waals surface area contributed by atoms with Crippen molar-refractivity contribution in [3.05, 3.63) is 46.9 Å². The van der Waals surface area contributed by atoms with Crippen molar-refractivity contribution >= 4 is 41.2 Å². The molecular weight excluding hydrogens is 432 g/mol. The number of aryl methyl sites for hydroxylation is 1. The van der Waals surface area contributed by atoms with Crippen LogP contribution in [0.3, 0.4) is 0 Å². The molecule has 0 aliphatic carbocycles. The van der Waals surface area contributed by atoms with Crippen LogP contribution in [0.1, 0.15) is 17.5 Å². The fourth-order valence-corrected chi connectivity index (χ4v) is 4.27. The van der Waals surface area contributed by atoms with Crippen molar-refractivity contribution < 1.29 is 28.5 Å². The van der Waals surface area contributed by atoms with Gasteiger partial charge < -0.3 is 15.4 Å². The number of ether oxygens (including phenoxy) is 1. The van der Waals surface area contributed by atoms with Gasteiger partial charge >= 0.3 is 11.9 Å². The van der Waals surface area contributed by atoms with Gasteiger partial charge in [-0.2, -0.15) is 9.37 Å². The number of methoxy groups -OCH3 is 1. The number of carbonyl (C=O) groups is 4. The Morgan fingerprint density at radius 1 is 1.16 bits per heavy atom. The minimum absolute atomic E-state index is 0.225. The Hall–Kier alpha value is -2.98. The number of hydrogen-bond acceptors (Lipinski definition) is 6. The monoisotopic (exact) mass is 459 g/mol. The van der Waals surface area contributed by atoms with Crippen LogP contribution >= 0.6 is 11.8 Å². The maximum atomic E-state index is 13.0. The molecule has 5 amide bonds. The Bertz CT molecular complexity index is 958. The summed E-state index contributed by atoms with van der Waals surface area (Å²) < 4.78 is 6.22. The van der Waals surface area contributed by atoms with Gasteiger partial charge in [0.1, 0.15) is 5.71 Å². The molecule has 1 atom stereocenters. The number of fused-ring (bicyclic) bond motifs is 1. The van der Waals surface area contributed by atoms with Crippen LogP contribution in [-0.4, -0.2) is 77.5 Å². The number of imide groups is 1. The largest absolute Gasteiger partial charge is 0.501 e. The van der Waals surface area contributed by atoms with Crippen LogP contribution in [0.2, 0.25) is 0 Å². The molecule has 170 valence electrons. The highest BCUT2D eigenvalue weighted by Gasteiger charge is 2.50. The number of carbonyl (C=O) groups excluding carboxylic acids is 4. The van der Waals surface area contributed by atoms with E-state index in [9.17, 15) is 19.2 Å². The van der Waals surface area contributed by atoms with Crippen molar-refractivity contribution in [2.45, 2.75) is 25.1 Å². The summed E-state index contributed by atoms with van der Waals surface area (Å²) in [6.07, 6.45) is 2.31. The molecule has 0 saturated carbocycles. The molecule has 0 fully saturated rings. The van der Waals surface area contributed by atoms with Crippen LogP contribution in [-0.2, 0) is 25.7 Å². The Balaban J connectivity index is 1.64. The molecule has 3 rings (SSSR count). The highest BCUT2D eigenvalue weighted by Crippen LogP contribution is 2.27. The molecule has 9 nitrogen and oxygen atoms in total. The normalized spacial score (nSPS) is 17.6. The number of benzene rings is 1. The molecule has 2 aliphatic rings. The zero-order valence-corrected chi connectivity index (χ0v) is 18.9. The fourth-order valence-electron chi connectivity index (χ4n) is 3.31. The first-order valence-corrected chi connectivity index (χ1v) is 11.2. The Morgan fingerprint density at radius 2 is 1.91 bits per heavy atom. The molecule has 0 spiro atoms. The number of thioether (sulfide) groups is 1. The maximum Gasteiger partial charge on any atom is 0.501 e. The summed E-state index contributed by atoms with van der Waals surface area (Å²) in [6, 6.07) is 7.02. The second-order valence-electron chi connectivity index (χ2n) is 7.50. The van der Waals surface area contributed by atoms with Gasteiger partial charge in [-0.1, -0.05) is 29.8 Å². The van der Waals surface area contributed by atoms with Gasteiger partial charge in [0.05, 0.1) is 0 Å². The van der Waals surface area contributed by atoms with Gasteiger partial charge in [0.15, 0.2) is 18.3 Å². The van der Waals surface area contributed by atoms with Crippen molar-refractivity contribution in [3.8, 4) is 0 Å². The molecule has 0 bridgehead atoms. The van der Waals surface area contributed by atoms with E-state index in [1.165, 1.54) is 16.3 Å². The van der Waals surface area contributed by atoms with Crippen LogP contribution in [0.25, 0.3) is 0 Å². The number of amides is 5. The fraction of sp³-hybridized carbons (Fsp3) is 0.409. The van der Waals surface area contributed by atoms with E-state index in [1.54, 1.807) is 18.6 Å². The van der Waals surface area contributed by atoms with Gasteiger partial charge in [-0.25, -0.2) is 4.79 Å². The van der Waals surface area contributed by atoms with E-state index in [-0.39, 0.29) is 12.5 Å². The van der Waals surface area contributed by atoms with E-state index in [2.05, 4.69) is 10.6 Å². The molecule has 10 heteroatoms. The first-order valence-electron chi connectivity index (χ1n) is 10.3. The molecule has 32 heavy (non-hydrogen) atoms. The van der Waals surface area contributed by atoms with Crippen LogP contribution < -0.4 is 10.6 Å². The standard InChI is InChI=1S/C22H26N4O5S/c1-15-4-6-16(7-5-15)12-24-19(28)14-26-21(29)20-17(8-11-32-20)25(22(26)30)13-18(27)23-9-3-10-31-2/h4-8,11,20H,3,9-10,12-14H2,1-2H3,(H-,23,24,27,28)/p+1. The van der Waals surface area contributed by atoms with E-state index in [0.717, 1.165) is 16.0 Å². The van der Waals surface area contributed by atoms with E-state index in [0.29, 0.717) is 31.8 Å². The molecule has 2 N–H and O–H groups in total. The van der Waals surface area contributed by atoms with Crippen molar-refractivity contribution in [2.24, 2.45) is 0 Å². The lowest BCUT2D eigenvalue weighted by molar-refractivity contribution is -0.426. The number of urea groups is 1. The van der Waals surface area contributed by atoms with Crippen molar-refractivity contribution in [3.63, 3.8) is 0 Å². The lowest BCUT2D eigenvalue weighted by Crippen LogP contribution is -2.58. The molecule has 1 aromatic rings. The number of rotatable bonds is 10. The van der Waals surface area contributed by atoms with Gasteiger partial charge in [-0.15, -0.1) is 16.7 Å². The number of nitrogens with one attached hydrogen (secondary N) is 2. The third-order valence-corrected chi connectivity index (χ3v) is 6.06. The predicted molar refractivity (Wildman–Crippen MR) is 120 cm³/mol. The molecule has 0 radical (unpaired) electrons. The van der Waals surface area contributed by atoms with Gasteiger partial charge in [0.2, 0.25) is 0 Å². The molecule has 0 aromatic heterocycles. The van der Waals surface area contributed by atoms with Crippen LogP contribution in [0.15, 0.2) is 35.7 Å². The van der Waals surface area contributed by atoms with E-state index >= 15 is 0 Å². The summed E-state index contributed by atoms with van der Waals surface area (Å²) in [6.45, 7) is 2.57. The average molecular weight is 460 g/mol. The Kier molecular flexibility index (Phi) is 8.18. The summed E-state index contributed by atoms with van der Waals surface area (Å²) in [5, 5.41) is 6.55. The highest BCUT2D eigenvalue weighted by molar-refractivity contribution is 8.04. The second kappa shape index (κ2) is 11.1. The molecule has 2 aliphatic heterocycles. The SMILES string of the molecule is COCCCNC(=O)C[N+]1=C2C=CSC2C(=O)N(CC(=O)NCc2ccc(C)cc2)C1=O.